The number of imidazole rings is 1. The van der Waals surface area contributed by atoms with E-state index in [-0.39, 0.29) is 10.4 Å². The van der Waals surface area contributed by atoms with Gasteiger partial charge in [0.05, 0.1) is 11.6 Å². The van der Waals surface area contributed by atoms with Gasteiger partial charge in [-0.1, -0.05) is 52.6 Å². The van der Waals surface area contributed by atoms with Crippen molar-refractivity contribution in [3.63, 3.8) is 0 Å². The van der Waals surface area contributed by atoms with Crippen LogP contribution in [0.5, 0.6) is 0 Å². The molecular weight excluding hydrogens is 461 g/mol. The molecule has 0 aliphatic carbocycles. The molecule has 152 valence electrons. The number of aromatic nitrogens is 2. The van der Waals surface area contributed by atoms with E-state index < -0.39 is 5.09 Å². The zero-order chi connectivity index (χ0) is 21.4. The molecule has 0 spiro atoms. The fourth-order valence-electron chi connectivity index (χ4n) is 2.33. The predicted octanol–water partition coefficient (Wildman–Crippen LogP) is 5.81. The summed E-state index contributed by atoms with van der Waals surface area (Å²) in [5, 5.41) is 15.1. The van der Waals surface area contributed by atoms with Crippen LogP contribution < -0.4 is 0 Å². The van der Waals surface area contributed by atoms with Crippen LogP contribution in [0.15, 0.2) is 61.2 Å². The molecule has 29 heavy (non-hydrogen) atoms. The number of carbonyl (C=O) groups is 1. The minimum Gasteiger partial charge on any atom is -0.336 e. The van der Waals surface area contributed by atoms with Crippen molar-refractivity contribution in [2.45, 2.75) is 11.8 Å². The Balaban J connectivity index is 0.000000687. The van der Waals surface area contributed by atoms with Gasteiger partial charge in [0.15, 0.2) is 0 Å². The summed E-state index contributed by atoms with van der Waals surface area (Å²) in [4.78, 5) is 25.1. The molecule has 0 radical (unpaired) electrons. The number of benzene rings is 2. The minimum atomic E-state index is -1.50. The number of hydrogen-bond acceptors (Lipinski definition) is 5. The largest absolute Gasteiger partial charge is 0.336 e. The zero-order valence-electron chi connectivity index (χ0n) is 14.6. The first-order valence-electron chi connectivity index (χ1n) is 7.96. The summed E-state index contributed by atoms with van der Waals surface area (Å²) in [6.45, 7) is 0.561. The molecule has 0 amide bonds. The Kier molecular flexibility index (Phi) is 8.78. The van der Waals surface area contributed by atoms with Crippen LogP contribution in [0.2, 0.25) is 15.1 Å². The van der Waals surface area contributed by atoms with Crippen molar-refractivity contribution in [2.24, 2.45) is 0 Å². The molecule has 2 aromatic carbocycles. The highest BCUT2D eigenvalue weighted by Crippen LogP contribution is 2.38. The second-order valence-corrected chi connectivity index (χ2v) is 8.02. The first-order chi connectivity index (χ1) is 13.8. The Labute approximate surface area is 185 Å². The fraction of sp³-hybridized carbons (Fsp3) is 0.111. The first-order valence-corrected chi connectivity index (χ1v) is 9.98. The zero-order valence-corrected chi connectivity index (χ0v) is 17.7. The summed E-state index contributed by atoms with van der Waals surface area (Å²) in [7, 11) is 0. The van der Waals surface area contributed by atoms with Crippen molar-refractivity contribution < 1.29 is 15.1 Å². The molecular formula is C18H14Cl3N3O4S. The highest BCUT2D eigenvalue weighted by molar-refractivity contribution is 8.14. The number of thioether (sulfide) groups is 1. The third-order valence-corrected chi connectivity index (χ3v) is 5.53. The van der Waals surface area contributed by atoms with Gasteiger partial charge in [0, 0.05) is 39.6 Å². The maximum absolute atomic E-state index is 12.7. The van der Waals surface area contributed by atoms with Gasteiger partial charge < -0.3 is 9.77 Å². The average Bonchev–Trinajstić information content (AvgIpc) is 3.14. The van der Waals surface area contributed by atoms with Crippen LogP contribution >= 0.6 is 46.6 Å². The Bertz CT molecular complexity index is 965. The van der Waals surface area contributed by atoms with Crippen molar-refractivity contribution >= 4 is 51.7 Å². The molecule has 1 heterocycles. The number of carbonyl (C=O) groups excluding carboxylic acids is 1. The summed E-state index contributed by atoms with van der Waals surface area (Å²) in [6.07, 6.45) is 5.26. The van der Waals surface area contributed by atoms with Gasteiger partial charge in [-0.25, -0.2) is 4.98 Å². The van der Waals surface area contributed by atoms with Gasteiger partial charge in [0.1, 0.15) is 0 Å². The molecule has 1 unspecified atom stereocenters. The maximum Gasteiger partial charge on any atom is 0.291 e. The van der Waals surface area contributed by atoms with E-state index in [1.807, 2.05) is 16.8 Å². The van der Waals surface area contributed by atoms with E-state index in [2.05, 4.69) is 4.98 Å². The van der Waals surface area contributed by atoms with Crippen molar-refractivity contribution in [1.82, 2.24) is 9.55 Å². The molecule has 11 heteroatoms. The topological polar surface area (TPSA) is 98.3 Å². The van der Waals surface area contributed by atoms with Crippen LogP contribution in [0.1, 0.15) is 21.2 Å². The van der Waals surface area contributed by atoms with Gasteiger partial charge in [-0.3, -0.25) is 4.79 Å². The third-order valence-electron chi connectivity index (χ3n) is 3.57. The van der Waals surface area contributed by atoms with Crippen LogP contribution in [-0.4, -0.2) is 25.0 Å². The summed E-state index contributed by atoms with van der Waals surface area (Å²) >= 11 is 19.5. The summed E-state index contributed by atoms with van der Waals surface area (Å²) in [5.74, 6) is 0. The molecule has 0 bridgehead atoms. The molecule has 7 nitrogen and oxygen atoms in total. The lowest BCUT2D eigenvalue weighted by Crippen LogP contribution is -2.08. The van der Waals surface area contributed by atoms with Crippen LogP contribution in [0.3, 0.4) is 0 Å². The van der Waals surface area contributed by atoms with Gasteiger partial charge in [-0.15, -0.1) is 10.1 Å². The molecule has 0 saturated carbocycles. The van der Waals surface area contributed by atoms with Crippen LogP contribution in [-0.2, 0) is 6.54 Å². The van der Waals surface area contributed by atoms with Gasteiger partial charge in [-0.2, -0.15) is 0 Å². The summed E-state index contributed by atoms with van der Waals surface area (Å²) in [5.41, 5.74) is 1.45. The van der Waals surface area contributed by atoms with Crippen LogP contribution in [0.4, 0.5) is 0 Å². The Morgan fingerprint density at radius 1 is 1.17 bits per heavy atom. The summed E-state index contributed by atoms with van der Waals surface area (Å²) in [6, 6.07) is 12.2. The number of rotatable bonds is 5. The van der Waals surface area contributed by atoms with Gasteiger partial charge >= 0.3 is 0 Å². The molecule has 1 aromatic heterocycles. The van der Waals surface area contributed by atoms with Gasteiger partial charge in [0.2, 0.25) is 5.12 Å². The van der Waals surface area contributed by atoms with E-state index in [0.717, 1.165) is 5.56 Å². The maximum atomic E-state index is 12.7. The molecule has 3 aromatic rings. The molecule has 0 saturated heterocycles. The predicted molar refractivity (Wildman–Crippen MR) is 114 cm³/mol. The lowest BCUT2D eigenvalue weighted by Gasteiger charge is -2.18. The number of nitrogens with zero attached hydrogens (tertiary/aromatic N) is 3. The Morgan fingerprint density at radius 2 is 1.79 bits per heavy atom. The lowest BCUT2D eigenvalue weighted by atomic mass is 10.1. The highest BCUT2D eigenvalue weighted by Gasteiger charge is 2.21. The van der Waals surface area contributed by atoms with Gasteiger partial charge in [0.25, 0.3) is 5.09 Å². The lowest BCUT2D eigenvalue weighted by molar-refractivity contribution is -0.742. The molecule has 1 N–H and O–H groups in total. The molecule has 3 rings (SSSR count). The van der Waals surface area contributed by atoms with Crippen molar-refractivity contribution in [3.8, 4) is 0 Å². The van der Waals surface area contributed by atoms with Crippen molar-refractivity contribution in [1.29, 1.82) is 0 Å². The van der Waals surface area contributed by atoms with E-state index in [0.29, 0.717) is 27.2 Å². The number of halogens is 3. The molecule has 1 atom stereocenters. The first kappa shape index (κ1) is 23.0. The average molecular weight is 475 g/mol. The van der Waals surface area contributed by atoms with Gasteiger partial charge in [-0.05, 0) is 42.0 Å². The van der Waals surface area contributed by atoms with Crippen molar-refractivity contribution in [2.75, 3.05) is 0 Å². The monoisotopic (exact) mass is 473 g/mol. The third kappa shape index (κ3) is 7.58. The van der Waals surface area contributed by atoms with E-state index in [1.54, 1.807) is 48.9 Å². The molecule has 0 fully saturated rings. The quantitative estimate of drug-likeness (QED) is 0.370. The second kappa shape index (κ2) is 11.1. The minimum absolute atomic E-state index is 0.0483. The van der Waals surface area contributed by atoms with E-state index in [9.17, 15) is 4.79 Å². The Hall–Kier alpha value is -2.26. The smallest absolute Gasteiger partial charge is 0.291 e. The van der Waals surface area contributed by atoms with E-state index in [4.69, 9.17) is 50.1 Å². The normalized spacial score (nSPS) is 11.3. The highest BCUT2D eigenvalue weighted by atomic mass is 35.5. The fourth-order valence-corrected chi connectivity index (χ4v) is 4.17. The molecule has 0 aliphatic rings. The number of hydrogen-bond donors (Lipinski definition) is 1. The van der Waals surface area contributed by atoms with E-state index in [1.165, 1.54) is 11.8 Å². The summed E-state index contributed by atoms with van der Waals surface area (Å²) < 4.78 is 1.91. The SMILES string of the molecule is O=C(SC(Cn1ccnc1)c1ccc(Cl)cc1Cl)c1ccc(Cl)cc1.O=[N+]([O-])O. The van der Waals surface area contributed by atoms with Crippen molar-refractivity contribution in [3.05, 3.63) is 97.5 Å². The van der Waals surface area contributed by atoms with E-state index >= 15 is 0 Å². The standard InChI is InChI=1S/C18H13Cl3N2OS.HNO3/c19-13-3-1-12(2-4-13)18(24)25-17(10-23-8-7-22-11-23)15-6-5-14(20)9-16(15)21;2-1(3)4/h1-9,11,17H,10H2;(H,2,3,4). The van der Waals surface area contributed by atoms with Crippen LogP contribution in [0, 0.1) is 10.1 Å². The Morgan fingerprint density at radius 3 is 2.34 bits per heavy atom. The molecule has 0 aliphatic heterocycles. The second-order valence-electron chi connectivity index (χ2n) is 5.56. The van der Waals surface area contributed by atoms with Crippen LogP contribution in [0.25, 0.3) is 0 Å².